The van der Waals surface area contributed by atoms with Crippen LogP contribution in [0, 0.1) is 10.1 Å². The number of anilines is 1. The van der Waals surface area contributed by atoms with E-state index in [-0.39, 0.29) is 5.69 Å². The van der Waals surface area contributed by atoms with Gasteiger partial charge in [-0.25, -0.2) is 0 Å². The number of ether oxygens (including phenoxy) is 1. The van der Waals surface area contributed by atoms with E-state index in [2.05, 4.69) is 10.0 Å². The monoisotopic (exact) mass is 250 g/mol. The molecular formula is C11H14N4O3. The summed E-state index contributed by atoms with van der Waals surface area (Å²) in [5.41, 5.74) is 1.56. The first kappa shape index (κ1) is 12.3. The molecule has 0 amide bonds. The summed E-state index contributed by atoms with van der Waals surface area (Å²) in [6, 6.07) is 4.68. The van der Waals surface area contributed by atoms with Gasteiger partial charge in [-0.2, -0.15) is 5.10 Å². The molecule has 1 aliphatic heterocycles. The number of hydrazone groups is 1. The first-order valence-electron chi connectivity index (χ1n) is 5.57. The molecule has 1 fully saturated rings. The standard InChI is InChI=1S/C11H14N4O3/c12-13-8-9-7-10(15(16)17)1-2-11(9)14-3-5-18-6-4-14/h1-2,7-8H,3-6,12H2. The number of hydrogen-bond donors (Lipinski definition) is 1. The zero-order valence-corrected chi connectivity index (χ0v) is 9.78. The molecule has 1 heterocycles. The number of non-ortho nitro benzene ring substituents is 1. The summed E-state index contributed by atoms with van der Waals surface area (Å²) >= 11 is 0. The van der Waals surface area contributed by atoms with Crippen LogP contribution >= 0.6 is 0 Å². The maximum absolute atomic E-state index is 10.7. The predicted molar refractivity (Wildman–Crippen MR) is 67.9 cm³/mol. The Morgan fingerprint density at radius 3 is 2.78 bits per heavy atom. The van der Waals surface area contributed by atoms with Crippen LogP contribution in [0.25, 0.3) is 0 Å². The van der Waals surface area contributed by atoms with Crippen molar-refractivity contribution in [3.8, 4) is 0 Å². The Balaban J connectivity index is 2.36. The average Bonchev–Trinajstić information content (AvgIpc) is 2.40. The number of nitro groups is 1. The summed E-state index contributed by atoms with van der Waals surface area (Å²) in [6.45, 7) is 2.80. The Labute approximate surface area is 104 Å². The quantitative estimate of drug-likeness (QED) is 0.369. The number of morpholine rings is 1. The second-order valence-electron chi connectivity index (χ2n) is 3.88. The molecule has 0 atom stereocenters. The summed E-state index contributed by atoms with van der Waals surface area (Å²) in [7, 11) is 0. The number of benzene rings is 1. The van der Waals surface area contributed by atoms with Crippen LogP contribution in [0.5, 0.6) is 0 Å². The highest BCUT2D eigenvalue weighted by Crippen LogP contribution is 2.25. The van der Waals surface area contributed by atoms with Crippen LogP contribution < -0.4 is 10.7 Å². The molecule has 1 saturated heterocycles. The predicted octanol–water partition coefficient (Wildman–Crippen LogP) is 0.724. The molecule has 18 heavy (non-hydrogen) atoms. The van der Waals surface area contributed by atoms with Gasteiger partial charge in [0, 0.05) is 36.5 Å². The largest absolute Gasteiger partial charge is 0.378 e. The van der Waals surface area contributed by atoms with E-state index in [1.54, 1.807) is 6.07 Å². The second kappa shape index (κ2) is 5.46. The van der Waals surface area contributed by atoms with Crippen LogP contribution in [0.2, 0.25) is 0 Å². The summed E-state index contributed by atoms with van der Waals surface area (Å²) in [5.74, 6) is 5.14. The maximum atomic E-state index is 10.7. The second-order valence-corrected chi connectivity index (χ2v) is 3.88. The third kappa shape index (κ3) is 2.57. The third-order valence-electron chi connectivity index (χ3n) is 2.79. The van der Waals surface area contributed by atoms with Crippen LogP contribution in [-0.2, 0) is 4.74 Å². The van der Waals surface area contributed by atoms with E-state index in [9.17, 15) is 10.1 Å². The number of nitrogens with zero attached hydrogens (tertiary/aromatic N) is 3. The zero-order valence-electron chi connectivity index (χ0n) is 9.78. The van der Waals surface area contributed by atoms with Crippen LogP contribution in [0.3, 0.4) is 0 Å². The van der Waals surface area contributed by atoms with Gasteiger partial charge in [-0.05, 0) is 6.07 Å². The molecular weight excluding hydrogens is 236 g/mol. The average molecular weight is 250 g/mol. The Bertz CT molecular complexity index is 469. The number of nitrogens with two attached hydrogens (primary N) is 1. The van der Waals surface area contributed by atoms with Gasteiger partial charge in [0.15, 0.2) is 0 Å². The molecule has 2 rings (SSSR count). The molecule has 1 aliphatic rings. The number of rotatable bonds is 3. The van der Waals surface area contributed by atoms with Gasteiger partial charge in [0.1, 0.15) is 0 Å². The highest BCUT2D eigenvalue weighted by atomic mass is 16.6. The van der Waals surface area contributed by atoms with Gasteiger partial charge < -0.3 is 15.5 Å². The van der Waals surface area contributed by atoms with Gasteiger partial charge >= 0.3 is 0 Å². The van der Waals surface area contributed by atoms with Crippen molar-refractivity contribution < 1.29 is 9.66 Å². The van der Waals surface area contributed by atoms with E-state index < -0.39 is 4.92 Å². The fraction of sp³-hybridized carbons (Fsp3) is 0.364. The molecule has 0 spiro atoms. The van der Waals surface area contributed by atoms with Crippen molar-refractivity contribution in [1.29, 1.82) is 0 Å². The van der Waals surface area contributed by atoms with E-state index in [1.807, 2.05) is 0 Å². The topological polar surface area (TPSA) is 94.0 Å². The molecule has 0 aromatic heterocycles. The van der Waals surface area contributed by atoms with Crippen molar-refractivity contribution in [1.82, 2.24) is 0 Å². The van der Waals surface area contributed by atoms with Crippen LogP contribution in [0.15, 0.2) is 23.3 Å². The summed E-state index contributed by atoms with van der Waals surface area (Å²) in [4.78, 5) is 12.4. The molecule has 96 valence electrons. The number of nitro benzene ring substituents is 1. The fourth-order valence-corrected chi connectivity index (χ4v) is 1.93. The normalized spacial score (nSPS) is 16.1. The first-order chi connectivity index (χ1) is 8.72. The smallest absolute Gasteiger partial charge is 0.270 e. The lowest BCUT2D eigenvalue weighted by Gasteiger charge is -2.29. The van der Waals surface area contributed by atoms with Crippen LogP contribution in [0.4, 0.5) is 11.4 Å². The van der Waals surface area contributed by atoms with Crippen LogP contribution in [0.1, 0.15) is 5.56 Å². The summed E-state index contributed by atoms with van der Waals surface area (Å²) < 4.78 is 5.27. The summed E-state index contributed by atoms with van der Waals surface area (Å²) in [5, 5.41) is 14.2. The molecule has 0 aliphatic carbocycles. The van der Waals surface area contributed by atoms with Gasteiger partial charge in [-0.1, -0.05) is 0 Å². The SMILES string of the molecule is NN=Cc1cc([N+](=O)[O-])ccc1N1CCOCC1. The minimum Gasteiger partial charge on any atom is -0.378 e. The van der Waals surface area contributed by atoms with E-state index in [0.29, 0.717) is 18.8 Å². The Morgan fingerprint density at radius 1 is 1.44 bits per heavy atom. The van der Waals surface area contributed by atoms with Gasteiger partial charge in [-0.3, -0.25) is 10.1 Å². The third-order valence-corrected chi connectivity index (χ3v) is 2.79. The maximum Gasteiger partial charge on any atom is 0.270 e. The van der Waals surface area contributed by atoms with Crippen molar-refractivity contribution in [2.24, 2.45) is 10.9 Å². The zero-order chi connectivity index (χ0) is 13.0. The number of hydrogen-bond acceptors (Lipinski definition) is 6. The minimum atomic E-state index is -0.434. The van der Waals surface area contributed by atoms with E-state index in [4.69, 9.17) is 10.6 Å². The minimum absolute atomic E-state index is 0.0295. The van der Waals surface area contributed by atoms with Crippen molar-refractivity contribution >= 4 is 17.6 Å². The Morgan fingerprint density at radius 2 is 2.17 bits per heavy atom. The highest BCUT2D eigenvalue weighted by molar-refractivity contribution is 5.89. The molecule has 0 bridgehead atoms. The van der Waals surface area contributed by atoms with Gasteiger partial charge in [0.05, 0.1) is 24.4 Å². The van der Waals surface area contributed by atoms with Crippen molar-refractivity contribution in [3.05, 3.63) is 33.9 Å². The molecule has 0 radical (unpaired) electrons. The summed E-state index contributed by atoms with van der Waals surface area (Å²) in [6.07, 6.45) is 1.43. The van der Waals surface area contributed by atoms with Gasteiger partial charge in [0.25, 0.3) is 5.69 Å². The molecule has 1 aromatic carbocycles. The van der Waals surface area contributed by atoms with E-state index in [1.165, 1.54) is 18.3 Å². The van der Waals surface area contributed by atoms with E-state index >= 15 is 0 Å². The van der Waals surface area contributed by atoms with Crippen molar-refractivity contribution in [2.75, 3.05) is 31.2 Å². The first-order valence-corrected chi connectivity index (χ1v) is 5.57. The molecule has 0 unspecified atom stereocenters. The Kier molecular flexibility index (Phi) is 3.73. The van der Waals surface area contributed by atoms with Crippen molar-refractivity contribution in [3.63, 3.8) is 0 Å². The lowest BCUT2D eigenvalue weighted by molar-refractivity contribution is -0.384. The van der Waals surface area contributed by atoms with Gasteiger partial charge in [0.2, 0.25) is 0 Å². The van der Waals surface area contributed by atoms with Crippen LogP contribution in [-0.4, -0.2) is 37.4 Å². The lowest BCUT2D eigenvalue weighted by Crippen LogP contribution is -2.36. The molecule has 2 N–H and O–H groups in total. The van der Waals surface area contributed by atoms with Gasteiger partial charge in [-0.15, -0.1) is 0 Å². The molecule has 0 saturated carbocycles. The molecule has 1 aromatic rings. The lowest BCUT2D eigenvalue weighted by atomic mass is 10.1. The highest BCUT2D eigenvalue weighted by Gasteiger charge is 2.16. The molecule has 7 nitrogen and oxygen atoms in total. The fourth-order valence-electron chi connectivity index (χ4n) is 1.93. The van der Waals surface area contributed by atoms with Crippen molar-refractivity contribution in [2.45, 2.75) is 0 Å². The molecule has 7 heteroatoms. The van der Waals surface area contributed by atoms with E-state index in [0.717, 1.165) is 18.8 Å². The Hall–Kier alpha value is -2.15.